The standard InChI is InChI=1S/C15H15FN2O/c1-11(12-2-4-14(16)5-3-12)10-18-15(19)13-6-8-17-9-7-13/h2-9,11H,10H2,1H3,(H,18,19). The number of carbonyl (C=O) groups is 1. The van der Waals surface area contributed by atoms with Crippen LogP contribution in [0.5, 0.6) is 0 Å². The molecule has 1 N–H and O–H groups in total. The Bertz CT molecular complexity index is 540. The molecule has 1 aromatic heterocycles. The summed E-state index contributed by atoms with van der Waals surface area (Å²) < 4.78 is 12.8. The first kappa shape index (κ1) is 13.2. The Kier molecular flexibility index (Phi) is 4.23. The van der Waals surface area contributed by atoms with Crippen molar-refractivity contribution in [1.82, 2.24) is 10.3 Å². The number of carbonyl (C=O) groups excluding carboxylic acids is 1. The van der Waals surface area contributed by atoms with Crippen molar-refractivity contribution in [2.75, 3.05) is 6.54 Å². The Morgan fingerprint density at radius 1 is 1.21 bits per heavy atom. The predicted octanol–water partition coefficient (Wildman–Crippen LogP) is 2.75. The molecule has 19 heavy (non-hydrogen) atoms. The molecule has 0 aliphatic rings. The summed E-state index contributed by atoms with van der Waals surface area (Å²) in [6, 6.07) is 9.65. The second kappa shape index (κ2) is 6.09. The Labute approximate surface area is 111 Å². The van der Waals surface area contributed by atoms with Gasteiger partial charge >= 0.3 is 0 Å². The van der Waals surface area contributed by atoms with Crippen molar-refractivity contribution in [2.45, 2.75) is 12.8 Å². The molecule has 0 aliphatic carbocycles. The van der Waals surface area contributed by atoms with Crippen LogP contribution in [0.2, 0.25) is 0 Å². The molecule has 1 amide bonds. The van der Waals surface area contributed by atoms with Gasteiger partial charge in [0.15, 0.2) is 0 Å². The summed E-state index contributed by atoms with van der Waals surface area (Å²) >= 11 is 0. The fourth-order valence-electron chi connectivity index (χ4n) is 1.76. The Morgan fingerprint density at radius 3 is 2.47 bits per heavy atom. The van der Waals surface area contributed by atoms with Crippen LogP contribution in [0.15, 0.2) is 48.8 Å². The quantitative estimate of drug-likeness (QED) is 0.916. The van der Waals surface area contributed by atoms with E-state index in [0.29, 0.717) is 12.1 Å². The lowest BCUT2D eigenvalue weighted by molar-refractivity contribution is 0.0951. The van der Waals surface area contributed by atoms with Crippen LogP contribution in [0.4, 0.5) is 4.39 Å². The molecule has 0 aliphatic heterocycles. The minimum atomic E-state index is -0.253. The first-order valence-corrected chi connectivity index (χ1v) is 6.10. The molecule has 0 fully saturated rings. The molecular formula is C15H15FN2O. The number of hydrogen-bond acceptors (Lipinski definition) is 2. The Morgan fingerprint density at radius 2 is 1.84 bits per heavy atom. The second-order valence-electron chi connectivity index (χ2n) is 4.40. The number of halogens is 1. The van der Waals surface area contributed by atoms with E-state index in [2.05, 4.69) is 10.3 Å². The van der Waals surface area contributed by atoms with Crippen LogP contribution in [0, 0.1) is 5.82 Å². The van der Waals surface area contributed by atoms with Crippen LogP contribution in [0.25, 0.3) is 0 Å². The zero-order valence-corrected chi connectivity index (χ0v) is 10.6. The second-order valence-corrected chi connectivity index (χ2v) is 4.40. The molecule has 0 saturated heterocycles. The lowest BCUT2D eigenvalue weighted by Gasteiger charge is -2.13. The maximum atomic E-state index is 12.8. The first-order valence-electron chi connectivity index (χ1n) is 6.10. The van der Waals surface area contributed by atoms with Gasteiger partial charge in [-0.25, -0.2) is 4.39 Å². The van der Waals surface area contributed by atoms with Crippen LogP contribution < -0.4 is 5.32 Å². The molecule has 1 heterocycles. The van der Waals surface area contributed by atoms with Gasteiger partial charge in [0.25, 0.3) is 5.91 Å². The van der Waals surface area contributed by atoms with E-state index in [1.54, 1.807) is 36.7 Å². The molecule has 2 rings (SSSR count). The monoisotopic (exact) mass is 258 g/mol. The van der Waals surface area contributed by atoms with Crippen LogP contribution in [0.1, 0.15) is 28.8 Å². The van der Waals surface area contributed by atoms with E-state index in [0.717, 1.165) is 5.56 Å². The molecule has 0 spiro atoms. The van der Waals surface area contributed by atoms with Gasteiger partial charge in [0.1, 0.15) is 5.82 Å². The molecule has 0 bridgehead atoms. The number of amides is 1. The van der Waals surface area contributed by atoms with Gasteiger partial charge in [-0.3, -0.25) is 9.78 Å². The zero-order chi connectivity index (χ0) is 13.7. The van der Waals surface area contributed by atoms with E-state index in [1.807, 2.05) is 6.92 Å². The highest BCUT2D eigenvalue weighted by atomic mass is 19.1. The van der Waals surface area contributed by atoms with Crippen molar-refractivity contribution < 1.29 is 9.18 Å². The molecular weight excluding hydrogens is 243 g/mol. The summed E-state index contributed by atoms with van der Waals surface area (Å²) in [5.74, 6) is -0.250. The molecule has 1 aromatic carbocycles. The van der Waals surface area contributed by atoms with Gasteiger partial charge in [-0.05, 0) is 35.7 Å². The maximum absolute atomic E-state index is 12.8. The number of pyridine rings is 1. The number of aromatic nitrogens is 1. The van der Waals surface area contributed by atoms with Crippen molar-refractivity contribution in [3.05, 3.63) is 65.7 Å². The average molecular weight is 258 g/mol. The van der Waals surface area contributed by atoms with Gasteiger partial charge in [0.2, 0.25) is 0 Å². The van der Waals surface area contributed by atoms with Crippen LogP contribution >= 0.6 is 0 Å². The van der Waals surface area contributed by atoms with E-state index in [1.165, 1.54) is 12.1 Å². The molecule has 1 atom stereocenters. The van der Waals surface area contributed by atoms with E-state index in [-0.39, 0.29) is 17.6 Å². The molecule has 1 unspecified atom stereocenters. The van der Waals surface area contributed by atoms with Crippen molar-refractivity contribution in [3.63, 3.8) is 0 Å². The summed E-state index contributed by atoms with van der Waals surface area (Å²) in [6.45, 7) is 2.49. The number of hydrogen-bond donors (Lipinski definition) is 1. The minimum Gasteiger partial charge on any atom is -0.351 e. The third-order valence-electron chi connectivity index (χ3n) is 2.95. The Hall–Kier alpha value is -2.23. The maximum Gasteiger partial charge on any atom is 0.251 e. The fraction of sp³-hybridized carbons (Fsp3) is 0.200. The van der Waals surface area contributed by atoms with Crippen LogP contribution in [-0.2, 0) is 0 Å². The number of nitrogens with zero attached hydrogens (tertiary/aromatic N) is 1. The lowest BCUT2D eigenvalue weighted by Crippen LogP contribution is -2.27. The van der Waals surface area contributed by atoms with Gasteiger partial charge in [-0.15, -0.1) is 0 Å². The van der Waals surface area contributed by atoms with E-state index >= 15 is 0 Å². The molecule has 3 nitrogen and oxygen atoms in total. The highest BCUT2D eigenvalue weighted by molar-refractivity contribution is 5.93. The molecule has 2 aromatic rings. The van der Waals surface area contributed by atoms with Crippen molar-refractivity contribution in [2.24, 2.45) is 0 Å². The van der Waals surface area contributed by atoms with Crippen molar-refractivity contribution >= 4 is 5.91 Å². The molecule has 0 saturated carbocycles. The summed E-state index contributed by atoms with van der Waals surface area (Å²) in [4.78, 5) is 15.7. The highest BCUT2D eigenvalue weighted by Gasteiger charge is 2.09. The average Bonchev–Trinajstić information content (AvgIpc) is 2.46. The molecule has 98 valence electrons. The smallest absolute Gasteiger partial charge is 0.251 e. The first-order chi connectivity index (χ1) is 9.16. The lowest BCUT2D eigenvalue weighted by atomic mass is 10.0. The van der Waals surface area contributed by atoms with Gasteiger partial charge in [0, 0.05) is 24.5 Å². The SMILES string of the molecule is CC(CNC(=O)c1ccncc1)c1ccc(F)cc1. The summed E-state index contributed by atoms with van der Waals surface area (Å²) in [5.41, 5.74) is 1.58. The number of nitrogens with one attached hydrogen (secondary N) is 1. The van der Waals surface area contributed by atoms with E-state index in [9.17, 15) is 9.18 Å². The van der Waals surface area contributed by atoms with Crippen molar-refractivity contribution in [3.8, 4) is 0 Å². The normalized spacial score (nSPS) is 11.9. The molecule has 0 radical (unpaired) electrons. The number of benzene rings is 1. The number of rotatable bonds is 4. The summed E-state index contributed by atoms with van der Waals surface area (Å²) in [6.07, 6.45) is 3.16. The largest absolute Gasteiger partial charge is 0.351 e. The van der Waals surface area contributed by atoms with Gasteiger partial charge in [-0.1, -0.05) is 19.1 Å². The third kappa shape index (κ3) is 3.61. The predicted molar refractivity (Wildman–Crippen MR) is 71.4 cm³/mol. The Balaban J connectivity index is 1.92. The van der Waals surface area contributed by atoms with Gasteiger partial charge < -0.3 is 5.32 Å². The van der Waals surface area contributed by atoms with Crippen molar-refractivity contribution in [1.29, 1.82) is 0 Å². The topological polar surface area (TPSA) is 42.0 Å². The minimum absolute atomic E-state index is 0.128. The zero-order valence-electron chi connectivity index (χ0n) is 10.6. The third-order valence-corrected chi connectivity index (χ3v) is 2.95. The van der Waals surface area contributed by atoms with Crippen LogP contribution in [0.3, 0.4) is 0 Å². The van der Waals surface area contributed by atoms with E-state index in [4.69, 9.17) is 0 Å². The van der Waals surface area contributed by atoms with Crippen LogP contribution in [-0.4, -0.2) is 17.4 Å². The van der Waals surface area contributed by atoms with Gasteiger partial charge in [-0.2, -0.15) is 0 Å². The summed E-state index contributed by atoms with van der Waals surface area (Å²) in [5, 5.41) is 2.85. The fourth-order valence-corrected chi connectivity index (χ4v) is 1.76. The molecule has 4 heteroatoms. The highest BCUT2D eigenvalue weighted by Crippen LogP contribution is 2.14. The van der Waals surface area contributed by atoms with E-state index < -0.39 is 0 Å². The summed E-state index contributed by atoms with van der Waals surface area (Å²) in [7, 11) is 0. The van der Waals surface area contributed by atoms with Gasteiger partial charge in [0.05, 0.1) is 0 Å².